The quantitative estimate of drug-likeness (QED) is 0.615. The highest BCUT2D eigenvalue weighted by atomic mass is 16.5. The van der Waals surface area contributed by atoms with Gasteiger partial charge >= 0.3 is 6.03 Å². The number of rotatable bonds is 5. The Kier molecular flexibility index (Phi) is 5.81. The van der Waals surface area contributed by atoms with Crippen molar-refractivity contribution in [3.63, 3.8) is 0 Å². The molecule has 2 amide bonds. The van der Waals surface area contributed by atoms with E-state index in [0.717, 1.165) is 33.8 Å². The molecule has 0 saturated heterocycles. The van der Waals surface area contributed by atoms with Crippen LogP contribution in [0.15, 0.2) is 54.6 Å². The maximum atomic E-state index is 12.2. The number of methoxy groups -OCH3 is 3. The molecule has 0 spiro atoms. The zero-order valence-electron chi connectivity index (χ0n) is 18.8. The number of nitrogens with one attached hydrogen (secondary N) is 1. The molecule has 1 unspecified atom stereocenters. The van der Waals surface area contributed by atoms with Crippen molar-refractivity contribution in [2.75, 3.05) is 40.7 Å². The van der Waals surface area contributed by atoms with Crippen LogP contribution in [0.25, 0.3) is 11.1 Å². The number of carbonyl (C=O) groups excluding carboxylic acids is 1. The van der Waals surface area contributed by atoms with Gasteiger partial charge in [-0.15, -0.1) is 0 Å². The van der Waals surface area contributed by atoms with Crippen LogP contribution >= 0.6 is 0 Å². The average Bonchev–Trinajstić information content (AvgIpc) is 2.82. The van der Waals surface area contributed by atoms with Crippen LogP contribution in [0.1, 0.15) is 17.2 Å². The molecule has 7 heteroatoms. The number of anilines is 1. The predicted octanol–water partition coefficient (Wildman–Crippen LogP) is 4.95. The van der Waals surface area contributed by atoms with Crippen LogP contribution < -0.4 is 24.3 Å². The number of hydrogen-bond acceptors (Lipinski definition) is 5. The summed E-state index contributed by atoms with van der Waals surface area (Å²) >= 11 is 0. The normalized spacial score (nSPS) is 13.8. The largest absolute Gasteiger partial charge is 0.496 e. The van der Waals surface area contributed by atoms with Crippen molar-refractivity contribution in [1.29, 1.82) is 0 Å². The van der Waals surface area contributed by atoms with Gasteiger partial charge in [0.15, 0.2) is 11.5 Å². The fourth-order valence-corrected chi connectivity index (χ4v) is 3.82. The van der Waals surface area contributed by atoms with Crippen molar-refractivity contribution in [2.45, 2.75) is 6.10 Å². The first-order valence-electron chi connectivity index (χ1n) is 10.1. The summed E-state index contributed by atoms with van der Waals surface area (Å²) in [6, 6.07) is 17.0. The summed E-state index contributed by atoms with van der Waals surface area (Å²) in [5.41, 5.74) is 4.34. The average molecular weight is 434 g/mol. The van der Waals surface area contributed by atoms with Gasteiger partial charge in [0, 0.05) is 30.9 Å². The van der Waals surface area contributed by atoms with Crippen LogP contribution in [0.2, 0.25) is 0 Å². The lowest BCUT2D eigenvalue weighted by Gasteiger charge is -2.31. The molecule has 166 valence electrons. The van der Waals surface area contributed by atoms with Gasteiger partial charge in [-0.3, -0.25) is 0 Å². The maximum Gasteiger partial charge on any atom is 0.321 e. The topological polar surface area (TPSA) is 69.3 Å². The van der Waals surface area contributed by atoms with Crippen LogP contribution in [-0.2, 0) is 0 Å². The molecule has 0 saturated carbocycles. The highest BCUT2D eigenvalue weighted by Crippen LogP contribution is 2.50. The Bertz CT molecular complexity index is 1160. The molecule has 0 aliphatic carbocycles. The molecule has 0 fully saturated rings. The van der Waals surface area contributed by atoms with E-state index in [0.29, 0.717) is 17.2 Å². The predicted molar refractivity (Wildman–Crippen MR) is 123 cm³/mol. The van der Waals surface area contributed by atoms with Gasteiger partial charge < -0.3 is 29.2 Å². The van der Waals surface area contributed by atoms with Crippen molar-refractivity contribution in [1.82, 2.24) is 4.90 Å². The van der Waals surface area contributed by atoms with Crippen LogP contribution in [0, 0.1) is 0 Å². The molecule has 1 atom stereocenters. The molecular weight excluding hydrogens is 408 g/mol. The van der Waals surface area contributed by atoms with Crippen molar-refractivity contribution >= 4 is 11.7 Å². The minimum Gasteiger partial charge on any atom is -0.496 e. The van der Waals surface area contributed by atoms with Crippen LogP contribution in [0.3, 0.4) is 0 Å². The minimum atomic E-state index is -0.416. The smallest absolute Gasteiger partial charge is 0.321 e. The molecule has 32 heavy (non-hydrogen) atoms. The molecule has 0 aromatic heterocycles. The third kappa shape index (κ3) is 3.77. The lowest BCUT2D eigenvalue weighted by molar-refractivity contribution is 0.230. The molecule has 1 N–H and O–H groups in total. The first kappa shape index (κ1) is 21.4. The summed E-state index contributed by atoms with van der Waals surface area (Å²) in [6.45, 7) is 0. The number of benzene rings is 3. The van der Waals surface area contributed by atoms with E-state index in [1.165, 1.54) is 4.90 Å². The Labute approximate surface area is 187 Å². The Morgan fingerprint density at radius 3 is 2.34 bits per heavy atom. The number of hydrogen-bond donors (Lipinski definition) is 1. The second-order valence-electron chi connectivity index (χ2n) is 7.57. The summed E-state index contributed by atoms with van der Waals surface area (Å²) in [4.78, 5) is 13.7. The van der Waals surface area contributed by atoms with Gasteiger partial charge in [0.25, 0.3) is 0 Å². The van der Waals surface area contributed by atoms with Crippen LogP contribution in [0.4, 0.5) is 10.5 Å². The van der Waals surface area contributed by atoms with Gasteiger partial charge in [0.2, 0.25) is 0 Å². The van der Waals surface area contributed by atoms with E-state index in [4.69, 9.17) is 18.9 Å². The summed E-state index contributed by atoms with van der Waals surface area (Å²) in [7, 11) is 8.24. The van der Waals surface area contributed by atoms with Crippen molar-refractivity contribution in [3.8, 4) is 34.1 Å². The third-order valence-corrected chi connectivity index (χ3v) is 5.42. The first-order chi connectivity index (χ1) is 15.5. The van der Waals surface area contributed by atoms with Crippen LogP contribution in [0.5, 0.6) is 23.0 Å². The lowest BCUT2D eigenvalue weighted by Crippen LogP contribution is -2.27. The minimum absolute atomic E-state index is 0.206. The van der Waals surface area contributed by atoms with E-state index >= 15 is 0 Å². The maximum absolute atomic E-state index is 12.2. The number of nitrogens with zero attached hydrogens (tertiary/aromatic N) is 1. The Morgan fingerprint density at radius 2 is 1.66 bits per heavy atom. The lowest BCUT2D eigenvalue weighted by atomic mass is 9.88. The molecule has 0 bridgehead atoms. The molecule has 3 aromatic carbocycles. The van der Waals surface area contributed by atoms with Gasteiger partial charge in [0.05, 0.1) is 26.9 Å². The van der Waals surface area contributed by atoms with E-state index in [-0.39, 0.29) is 6.03 Å². The molecular formula is C25H26N2O5. The highest BCUT2D eigenvalue weighted by Gasteiger charge is 2.30. The van der Waals surface area contributed by atoms with E-state index in [2.05, 4.69) is 5.32 Å². The monoisotopic (exact) mass is 434 g/mol. The molecule has 4 rings (SSSR count). The second-order valence-corrected chi connectivity index (χ2v) is 7.57. The standard InChI is InChI=1S/C25H26N2O5/c1-27(2)25(28)26-16-10-11-17-18(14-16)24(15-9-12-19(29-3)22(13-15)31-5)32-21-8-6-7-20(30-4)23(17)21/h6-14,24H,1-5H3,(H,26,28). The van der Waals surface area contributed by atoms with Gasteiger partial charge in [-0.1, -0.05) is 18.2 Å². The van der Waals surface area contributed by atoms with Crippen molar-refractivity contribution < 1.29 is 23.7 Å². The molecule has 1 heterocycles. The fourth-order valence-electron chi connectivity index (χ4n) is 3.82. The van der Waals surface area contributed by atoms with E-state index in [1.807, 2.05) is 54.6 Å². The number of ether oxygens (including phenoxy) is 4. The summed E-state index contributed by atoms with van der Waals surface area (Å²) in [6.07, 6.45) is -0.416. The SMILES string of the molecule is COc1ccc(C2Oc3cccc(OC)c3-c3ccc(NC(=O)N(C)C)cc32)cc1OC. The van der Waals surface area contributed by atoms with Gasteiger partial charge in [-0.2, -0.15) is 0 Å². The molecule has 7 nitrogen and oxygen atoms in total. The van der Waals surface area contributed by atoms with E-state index < -0.39 is 6.10 Å². The Balaban J connectivity index is 1.87. The molecule has 1 aliphatic rings. The summed E-state index contributed by atoms with van der Waals surface area (Å²) in [5.74, 6) is 2.70. The van der Waals surface area contributed by atoms with E-state index in [9.17, 15) is 4.79 Å². The molecule has 0 radical (unpaired) electrons. The highest BCUT2D eigenvalue weighted by molar-refractivity contribution is 5.90. The summed E-state index contributed by atoms with van der Waals surface area (Å²) < 4.78 is 23.0. The summed E-state index contributed by atoms with van der Waals surface area (Å²) in [5, 5.41) is 2.91. The van der Waals surface area contributed by atoms with Crippen LogP contribution in [-0.4, -0.2) is 46.4 Å². The van der Waals surface area contributed by atoms with Gasteiger partial charge in [0.1, 0.15) is 17.6 Å². The molecule has 3 aromatic rings. The number of amides is 2. The van der Waals surface area contributed by atoms with Gasteiger partial charge in [-0.25, -0.2) is 4.79 Å². The van der Waals surface area contributed by atoms with Crippen molar-refractivity contribution in [3.05, 3.63) is 65.7 Å². The fraction of sp³-hybridized carbons (Fsp3) is 0.240. The third-order valence-electron chi connectivity index (χ3n) is 5.42. The van der Waals surface area contributed by atoms with Gasteiger partial charge in [-0.05, 0) is 42.0 Å². The zero-order valence-corrected chi connectivity index (χ0v) is 18.8. The van der Waals surface area contributed by atoms with Crippen molar-refractivity contribution in [2.24, 2.45) is 0 Å². The molecule has 1 aliphatic heterocycles. The van der Waals surface area contributed by atoms with E-state index in [1.54, 1.807) is 35.4 Å². The number of carbonyl (C=O) groups is 1. The first-order valence-corrected chi connectivity index (χ1v) is 10.1. The number of fused-ring (bicyclic) bond motifs is 3. The Hall–Kier alpha value is -3.87. The Morgan fingerprint density at radius 1 is 0.906 bits per heavy atom. The zero-order chi connectivity index (χ0) is 22.8. The second kappa shape index (κ2) is 8.70. The number of urea groups is 1.